The van der Waals surface area contributed by atoms with Gasteiger partial charge in [0.05, 0.1) is 6.61 Å². The fourth-order valence-electron chi connectivity index (χ4n) is 1.15. The van der Waals surface area contributed by atoms with Gasteiger partial charge >= 0.3 is 5.97 Å². The number of carboxylic acids is 1. The molecule has 1 aromatic heterocycles. The molecule has 1 aromatic rings. The summed E-state index contributed by atoms with van der Waals surface area (Å²) in [6.45, 7) is 1.74. The Morgan fingerprint density at radius 1 is 1.59 bits per heavy atom. The molecule has 17 heavy (non-hydrogen) atoms. The van der Waals surface area contributed by atoms with E-state index in [1.54, 1.807) is 13.0 Å². The SMILES string of the molecule is Cc1cc(Br)oc1C(=O)NCCOCC(=O)O. The lowest BCUT2D eigenvalue weighted by molar-refractivity contribution is -0.142. The minimum absolute atomic E-state index is 0.138. The monoisotopic (exact) mass is 305 g/mol. The molecule has 7 heteroatoms. The molecule has 6 nitrogen and oxygen atoms in total. The molecule has 0 saturated carbocycles. The number of furan rings is 1. The summed E-state index contributed by atoms with van der Waals surface area (Å²) in [6.07, 6.45) is 0. The van der Waals surface area contributed by atoms with E-state index in [0.29, 0.717) is 4.67 Å². The standard InChI is InChI=1S/C10H12BrNO5/c1-6-4-7(11)17-9(6)10(15)12-2-3-16-5-8(13)14/h4H,2-3,5H2,1H3,(H,12,15)(H,13,14). The topological polar surface area (TPSA) is 88.8 Å². The van der Waals surface area contributed by atoms with E-state index in [0.717, 1.165) is 5.56 Å². The fourth-order valence-corrected chi connectivity index (χ4v) is 1.65. The molecule has 0 aromatic carbocycles. The maximum atomic E-state index is 11.6. The average molecular weight is 306 g/mol. The smallest absolute Gasteiger partial charge is 0.329 e. The van der Waals surface area contributed by atoms with Crippen molar-refractivity contribution in [3.05, 3.63) is 22.1 Å². The van der Waals surface area contributed by atoms with Crippen molar-refractivity contribution in [2.45, 2.75) is 6.92 Å². The molecule has 0 radical (unpaired) electrons. The highest BCUT2D eigenvalue weighted by Gasteiger charge is 2.14. The lowest BCUT2D eigenvalue weighted by Crippen LogP contribution is -2.28. The van der Waals surface area contributed by atoms with Gasteiger partial charge in [-0.25, -0.2) is 4.79 Å². The van der Waals surface area contributed by atoms with Gasteiger partial charge in [0.2, 0.25) is 0 Å². The third kappa shape index (κ3) is 4.58. The van der Waals surface area contributed by atoms with Gasteiger partial charge in [0.25, 0.3) is 5.91 Å². The van der Waals surface area contributed by atoms with Gasteiger partial charge in [0, 0.05) is 12.1 Å². The van der Waals surface area contributed by atoms with E-state index in [1.165, 1.54) is 0 Å². The predicted octanol–water partition coefficient (Wildman–Crippen LogP) is 1.18. The summed E-state index contributed by atoms with van der Waals surface area (Å²) in [7, 11) is 0. The first-order valence-corrected chi connectivity index (χ1v) is 5.63. The molecule has 0 aliphatic rings. The molecule has 0 unspecified atom stereocenters. The second-order valence-corrected chi connectivity index (χ2v) is 4.05. The van der Waals surface area contributed by atoms with E-state index in [-0.39, 0.29) is 31.4 Å². The zero-order valence-electron chi connectivity index (χ0n) is 9.16. The van der Waals surface area contributed by atoms with Gasteiger partial charge in [0.1, 0.15) is 6.61 Å². The van der Waals surface area contributed by atoms with Gasteiger partial charge in [-0.1, -0.05) is 0 Å². The highest BCUT2D eigenvalue weighted by Crippen LogP contribution is 2.19. The number of carbonyl (C=O) groups is 2. The van der Waals surface area contributed by atoms with E-state index >= 15 is 0 Å². The summed E-state index contributed by atoms with van der Waals surface area (Å²) in [4.78, 5) is 21.7. The van der Waals surface area contributed by atoms with Crippen LogP contribution in [0.15, 0.2) is 15.2 Å². The zero-order chi connectivity index (χ0) is 12.8. The molecular formula is C10H12BrNO5. The first-order valence-electron chi connectivity index (χ1n) is 4.84. The third-order valence-electron chi connectivity index (χ3n) is 1.85. The maximum Gasteiger partial charge on any atom is 0.329 e. The Kier molecular flexibility index (Phi) is 5.17. The van der Waals surface area contributed by atoms with Crippen LogP contribution < -0.4 is 5.32 Å². The summed E-state index contributed by atoms with van der Waals surface area (Å²) in [5.74, 6) is -1.16. The second-order valence-electron chi connectivity index (χ2n) is 3.26. The molecule has 0 bridgehead atoms. The Morgan fingerprint density at radius 2 is 2.29 bits per heavy atom. The minimum Gasteiger partial charge on any atom is -0.480 e. The number of hydrogen-bond donors (Lipinski definition) is 2. The summed E-state index contributed by atoms with van der Waals surface area (Å²) in [5.41, 5.74) is 0.723. The number of carbonyl (C=O) groups excluding carboxylic acids is 1. The van der Waals surface area contributed by atoms with E-state index in [2.05, 4.69) is 21.2 Å². The molecule has 1 amide bonds. The highest BCUT2D eigenvalue weighted by molar-refractivity contribution is 9.10. The molecule has 94 valence electrons. The number of halogens is 1. The van der Waals surface area contributed by atoms with Crippen LogP contribution in [-0.2, 0) is 9.53 Å². The number of nitrogens with one attached hydrogen (secondary N) is 1. The quantitative estimate of drug-likeness (QED) is 0.771. The van der Waals surface area contributed by atoms with Crippen LogP contribution in [0.3, 0.4) is 0 Å². The van der Waals surface area contributed by atoms with Crippen LogP contribution in [0.4, 0.5) is 0 Å². The van der Waals surface area contributed by atoms with Crippen LogP contribution in [0, 0.1) is 6.92 Å². The lowest BCUT2D eigenvalue weighted by atomic mass is 10.3. The molecule has 2 N–H and O–H groups in total. The predicted molar refractivity (Wildman–Crippen MR) is 61.9 cm³/mol. The zero-order valence-corrected chi connectivity index (χ0v) is 10.7. The largest absolute Gasteiger partial charge is 0.480 e. The number of rotatable bonds is 6. The van der Waals surface area contributed by atoms with Gasteiger partial charge in [0.15, 0.2) is 10.4 Å². The van der Waals surface area contributed by atoms with Gasteiger partial charge in [-0.05, 0) is 28.9 Å². The van der Waals surface area contributed by atoms with Crippen LogP contribution in [0.5, 0.6) is 0 Å². The van der Waals surface area contributed by atoms with Crippen molar-refractivity contribution in [1.29, 1.82) is 0 Å². The van der Waals surface area contributed by atoms with Crippen molar-refractivity contribution in [1.82, 2.24) is 5.32 Å². The Morgan fingerprint density at radius 3 is 2.82 bits per heavy atom. The van der Waals surface area contributed by atoms with Crippen molar-refractivity contribution in [3.8, 4) is 0 Å². The number of aryl methyl sites for hydroxylation is 1. The van der Waals surface area contributed by atoms with Crippen molar-refractivity contribution in [3.63, 3.8) is 0 Å². The van der Waals surface area contributed by atoms with Crippen molar-refractivity contribution >= 4 is 27.8 Å². The van der Waals surface area contributed by atoms with E-state index in [1.807, 2.05) is 0 Å². The Hall–Kier alpha value is -1.34. The number of aliphatic carboxylic acids is 1. The first kappa shape index (κ1) is 13.7. The molecule has 0 spiro atoms. The molecule has 1 rings (SSSR count). The molecule has 0 saturated heterocycles. The van der Waals surface area contributed by atoms with Crippen molar-refractivity contribution < 1.29 is 23.8 Å². The Balaban J connectivity index is 2.30. The number of ether oxygens (including phenoxy) is 1. The highest BCUT2D eigenvalue weighted by atomic mass is 79.9. The lowest BCUT2D eigenvalue weighted by Gasteiger charge is -2.03. The van der Waals surface area contributed by atoms with Crippen molar-refractivity contribution in [2.75, 3.05) is 19.8 Å². The van der Waals surface area contributed by atoms with E-state index < -0.39 is 5.97 Å². The molecule has 0 aliphatic heterocycles. The Bertz CT molecular complexity index is 415. The Labute approximate surface area is 106 Å². The van der Waals surface area contributed by atoms with Crippen LogP contribution in [-0.4, -0.2) is 36.7 Å². The minimum atomic E-state index is -1.04. The fraction of sp³-hybridized carbons (Fsp3) is 0.400. The summed E-state index contributed by atoms with van der Waals surface area (Å²) < 4.78 is 10.4. The molecule has 1 heterocycles. The second kappa shape index (κ2) is 6.41. The average Bonchev–Trinajstić information content (AvgIpc) is 2.56. The van der Waals surface area contributed by atoms with Crippen LogP contribution >= 0.6 is 15.9 Å². The molecule has 0 atom stereocenters. The third-order valence-corrected chi connectivity index (χ3v) is 2.24. The molecular weight excluding hydrogens is 294 g/mol. The van der Waals surface area contributed by atoms with Gasteiger partial charge in [-0.2, -0.15) is 0 Å². The summed E-state index contributed by atoms with van der Waals surface area (Å²) >= 11 is 3.12. The number of amides is 1. The van der Waals surface area contributed by atoms with Gasteiger partial charge in [-0.15, -0.1) is 0 Å². The van der Waals surface area contributed by atoms with Crippen LogP contribution in [0.25, 0.3) is 0 Å². The first-order chi connectivity index (χ1) is 8.00. The summed E-state index contributed by atoms with van der Waals surface area (Å²) in [5, 5.41) is 10.9. The van der Waals surface area contributed by atoms with Crippen LogP contribution in [0.2, 0.25) is 0 Å². The van der Waals surface area contributed by atoms with Crippen molar-refractivity contribution in [2.24, 2.45) is 0 Å². The van der Waals surface area contributed by atoms with E-state index in [4.69, 9.17) is 14.3 Å². The normalized spacial score (nSPS) is 10.2. The summed E-state index contributed by atoms with van der Waals surface area (Å²) in [6, 6.07) is 1.69. The van der Waals surface area contributed by atoms with Crippen LogP contribution in [0.1, 0.15) is 16.1 Å². The molecule has 0 aliphatic carbocycles. The van der Waals surface area contributed by atoms with Gasteiger partial charge < -0.3 is 19.6 Å². The van der Waals surface area contributed by atoms with Gasteiger partial charge in [-0.3, -0.25) is 4.79 Å². The van der Waals surface area contributed by atoms with E-state index in [9.17, 15) is 9.59 Å². The molecule has 0 fully saturated rings. The number of carboxylic acid groups (broad SMARTS) is 1. The maximum absolute atomic E-state index is 11.6. The number of hydrogen-bond acceptors (Lipinski definition) is 4.